The van der Waals surface area contributed by atoms with Gasteiger partial charge in [-0.05, 0) is 42.2 Å². The molecule has 4 rings (SSSR count). The van der Waals surface area contributed by atoms with Crippen molar-refractivity contribution in [1.29, 1.82) is 0 Å². The Hall–Kier alpha value is -2.94. The highest BCUT2D eigenvalue weighted by Crippen LogP contribution is 2.30. The number of nitrogens with zero attached hydrogens (tertiary/aromatic N) is 3. The van der Waals surface area contributed by atoms with Gasteiger partial charge in [0.2, 0.25) is 5.91 Å². The first-order chi connectivity index (χ1) is 15.1. The molecule has 164 valence electrons. The van der Waals surface area contributed by atoms with Gasteiger partial charge in [0.25, 0.3) is 0 Å². The van der Waals surface area contributed by atoms with Gasteiger partial charge in [-0.1, -0.05) is 31.7 Å². The second kappa shape index (κ2) is 9.91. The number of carbonyl (C=O) groups excluding carboxylic acids is 1. The van der Waals surface area contributed by atoms with E-state index >= 15 is 0 Å². The van der Waals surface area contributed by atoms with Gasteiger partial charge in [0, 0.05) is 13.1 Å². The monoisotopic (exact) mass is 442 g/mol. The summed E-state index contributed by atoms with van der Waals surface area (Å²) in [6, 6.07) is 9.57. The van der Waals surface area contributed by atoms with Crippen LogP contribution in [0.25, 0.3) is 11.6 Å². The molecule has 9 heteroatoms. The van der Waals surface area contributed by atoms with E-state index in [0.29, 0.717) is 42.4 Å². The number of thioether (sulfide) groups is 1. The first-order valence-corrected chi connectivity index (χ1v) is 11.3. The standard InChI is InChI=1S/C22H26N4O4S/c1-15(2)13-26-21(18-4-3-9-28-18)24-25-22(26)31-14-20(27)23-8-7-16-5-6-17-19(12-16)30-11-10-29-17/h3-6,9,12,15H,7-8,10-11,13-14H2,1-2H3,(H,23,27). The molecule has 0 unspecified atom stereocenters. The van der Waals surface area contributed by atoms with Crippen LogP contribution in [0.15, 0.2) is 46.2 Å². The summed E-state index contributed by atoms with van der Waals surface area (Å²) >= 11 is 1.38. The molecule has 0 aliphatic carbocycles. The molecule has 8 nitrogen and oxygen atoms in total. The molecule has 1 amide bonds. The zero-order valence-electron chi connectivity index (χ0n) is 17.7. The van der Waals surface area contributed by atoms with E-state index in [4.69, 9.17) is 13.9 Å². The SMILES string of the molecule is CC(C)Cn1c(SCC(=O)NCCc2ccc3c(c2)OCCO3)nnc1-c1ccco1. The van der Waals surface area contributed by atoms with Crippen LogP contribution < -0.4 is 14.8 Å². The van der Waals surface area contributed by atoms with E-state index in [1.807, 2.05) is 34.9 Å². The number of hydrogen-bond acceptors (Lipinski definition) is 7. The number of furan rings is 1. The fourth-order valence-electron chi connectivity index (χ4n) is 3.28. The molecule has 0 atom stereocenters. The van der Waals surface area contributed by atoms with Gasteiger partial charge < -0.3 is 19.2 Å². The molecule has 0 radical (unpaired) electrons. The zero-order valence-corrected chi connectivity index (χ0v) is 18.5. The number of aromatic nitrogens is 3. The Kier molecular flexibility index (Phi) is 6.81. The highest BCUT2D eigenvalue weighted by molar-refractivity contribution is 7.99. The number of nitrogens with one attached hydrogen (secondary N) is 1. The molecule has 0 spiro atoms. The minimum absolute atomic E-state index is 0.0406. The normalized spacial score (nSPS) is 12.9. The summed E-state index contributed by atoms with van der Waals surface area (Å²) in [5.41, 5.74) is 1.09. The Labute approximate surface area is 185 Å². The lowest BCUT2D eigenvalue weighted by atomic mass is 10.1. The molecule has 0 bridgehead atoms. The fraction of sp³-hybridized carbons (Fsp3) is 0.409. The number of ether oxygens (including phenoxy) is 2. The lowest BCUT2D eigenvalue weighted by Crippen LogP contribution is -2.27. The quantitative estimate of drug-likeness (QED) is 0.508. The van der Waals surface area contributed by atoms with Crippen LogP contribution in [0.4, 0.5) is 0 Å². The minimum Gasteiger partial charge on any atom is -0.486 e. The maximum absolute atomic E-state index is 12.4. The van der Waals surface area contributed by atoms with Crippen LogP contribution in [0.1, 0.15) is 19.4 Å². The maximum Gasteiger partial charge on any atom is 0.230 e. The van der Waals surface area contributed by atoms with Crippen LogP contribution in [0.5, 0.6) is 11.5 Å². The summed E-state index contributed by atoms with van der Waals surface area (Å²) in [5.74, 6) is 3.53. The topological polar surface area (TPSA) is 91.4 Å². The number of rotatable bonds is 9. The number of fused-ring (bicyclic) bond motifs is 1. The second-order valence-corrected chi connectivity index (χ2v) is 8.60. The number of hydrogen-bond donors (Lipinski definition) is 1. The first-order valence-electron chi connectivity index (χ1n) is 10.3. The van der Waals surface area contributed by atoms with Crippen LogP contribution in [0.3, 0.4) is 0 Å². The average Bonchev–Trinajstić information content (AvgIpc) is 3.42. The van der Waals surface area contributed by atoms with Crippen molar-refractivity contribution in [2.45, 2.75) is 32.0 Å². The van der Waals surface area contributed by atoms with Gasteiger partial charge in [-0.15, -0.1) is 10.2 Å². The van der Waals surface area contributed by atoms with Crippen LogP contribution in [-0.2, 0) is 17.8 Å². The van der Waals surface area contributed by atoms with Gasteiger partial charge in [0.1, 0.15) is 13.2 Å². The summed E-state index contributed by atoms with van der Waals surface area (Å²) < 4.78 is 18.6. The highest BCUT2D eigenvalue weighted by atomic mass is 32.2. The van der Waals surface area contributed by atoms with E-state index in [0.717, 1.165) is 30.0 Å². The summed E-state index contributed by atoms with van der Waals surface area (Å²) in [6.45, 7) is 6.70. The third-order valence-electron chi connectivity index (χ3n) is 4.68. The maximum atomic E-state index is 12.4. The van der Waals surface area contributed by atoms with E-state index in [1.165, 1.54) is 11.8 Å². The molecule has 31 heavy (non-hydrogen) atoms. The van der Waals surface area contributed by atoms with Crippen molar-refractivity contribution in [3.63, 3.8) is 0 Å². The third kappa shape index (κ3) is 5.41. The molecule has 1 aromatic carbocycles. The highest BCUT2D eigenvalue weighted by Gasteiger charge is 2.18. The van der Waals surface area contributed by atoms with Crippen molar-refractivity contribution in [3.8, 4) is 23.1 Å². The molecule has 3 heterocycles. The third-order valence-corrected chi connectivity index (χ3v) is 5.65. The molecular weight excluding hydrogens is 416 g/mol. The Morgan fingerprint density at radius 3 is 2.81 bits per heavy atom. The van der Waals surface area contributed by atoms with Crippen LogP contribution in [0, 0.1) is 5.92 Å². The molecule has 0 saturated heterocycles. The Morgan fingerprint density at radius 2 is 2.03 bits per heavy atom. The second-order valence-electron chi connectivity index (χ2n) is 7.65. The largest absolute Gasteiger partial charge is 0.486 e. The molecule has 1 aliphatic rings. The van der Waals surface area contributed by atoms with Crippen molar-refractivity contribution in [2.75, 3.05) is 25.5 Å². The Morgan fingerprint density at radius 1 is 1.19 bits per heavy atom. The van der Waals surface area contributed by atoms with Crippen molar-refractivity contribution in [1.82, 2.24) is 20.1 Å². The van der Waals surface area contributed by atoms with Gasteiger partial charge in [-0.3, -0.25) is 9.36 Å². The minimum atomic E-state index is -0.0406. The van der Waals surface area contributed by atoms with E-state index < -0.39 is 0 Å². The van der Waals surface area contributed by atoms with Crippen LogP contribution in [-0.4, -0.2) is 46.2 Å². The zero-order chi connectivity index (χ0) is 21.6. The van der Waals surface area contributed by atoms with Gasteiger partial charge >= 0.3 is 0 Å². The number of benzene rings is 1. The lowest BCUT2D eigenvalue weighted by molar-refractivity contribution is -0.118. The first kappa shape index (κ1) is 21.3. The molecular formula is C22H26N4O4S. The van der Waals surface area contributed by atoms with E-state index in [-0.39, 0.29) is 11.7 Å². The van der Waals surface area contributed by atoms with Crippen molar-refractivity contribution in [2.24, 2.45) is 5.92 Å². The van der Waals surface area contributed by atoms with E-state index in [1.54, 1.807) is 6.26 Å². The van der Waals surface area contributed by atoms with Crippen molar-refractivity contribution >= 4 is 17.7 Å². The summed E-state index contributed by atoms with van der Waals surface area (Å²) in [5, 5.41) is 12.2. The van der Waals surface area contributed by atoms with Gasteiger partial charge in [-0.25, -0.2) is 0 Å². The molecule has 0 fully saturated rings. The molecule has 1 aliphatic heterocycles. The van der Waals surface area contributed by atoms with Crippen LogP contribution >= 0.6 is 11.8 Å². The van der Waals surface area contributed by atoms with E-state index in [2.05, 4.69) is 29.4 Å². The fourth-order valence-corrected chi connectivity index (χ4v) is 4.06. The molecule has 0 saturated carbocycles. The van der Waals surface area contributed by atoms with Crippen LogP contribution in [0.2, 0.25) is 0 Å². The molecule has 1 N–H and O–H groups in total. The number of amides is 1. The smallest absolute Gasteiger partial charge is 0.230 e. The Balaban J connectivity index is 1.30. The van der Waals surface area contributed by atoms with Gasteiger partial charge in [0.15, 0.2) is 28.2 Å². The van der Waals surface area contributed by atoms with Crippen molar-refractivity contribution in [3.05, 3.63) is 42.2 Å². The average molecular weight is 443 g/mol. The predicted octanol–water partition coefficient (Wildman–Crippen LogP) is 3.42. The predicted molar refractivity (Wildman–Crippen MR) is 117 cm³/mol. The van der Waals surface area contributed by atoms with Gasteiger partial charge in [-0.2, -0.15) is 0 Å². The number of carbonyl (C=O) groups is 1. The Bertz CT molecular complexity index is 1020. The summed E-state index contributed by atoms with van der Waals surface area (Å²) in [6.07, 6.45) is 2.34. The van der Waals surface area contributed by atoms with E-state index in [9.17, 15) is 4.79 Å². The van der Waals surface area contributed by atoms with Gasteiger partial charge in [0.05, 0.1) is 12.0 Å². The van der Waals surface area contributed by atoms with Crippen molar-refractivity contribution < 1.29 is 18.7 Å². The molecule has 2 aromatic heterocycles. The summed E-state index contributed by atoms with van der Waals surface area (Å²) in [7, 11) is 0. The molecule has 3 aromatic rings. The lowest BCUT2D eigenvalue weighted by Gasteiger charge is -2.18. The summed E-state index contributed by atoms with van der Waals surface area (Å²) in [4.78, 5) is 12.4.